The van der Waals surface area contributed by atoms with Crippen LogP contribution in [0.25, 0.3) is 0 Å². The van der Waals surface area contributed by atoms with Crippen molar-refractivity contribution in [2.45, 2.75) is 39.5 Å². The Kier molecular flexibility index (Phi) is 2.57. The Morgan fingerprint density at radius 3 is 3.08 bits per heavy atom. The van der Waals surface area contributed by atoms with Crippen LogP contribution in [0.5, 0.6) is 0 Å². The van der Waals surface area contributed by atoms with E-state index in [1.165, 1.54) is 25.7 Å². The van der Waals surface area contributed by atoms with Crippen molar-refractivity contribution >= 4 is 0 Å². The van der Waals surface area contributed by atoms with Gasteiger partial charge in [0, 0.05) is 5.92 Å². The van der Waals surface area contributed by atoms with Crippen molar-refractivity contribution in [3.63, 3.8) is 0 Å². The highest BCUT2D eigenvalue weighted by Gasteiger charge is 2.35. The quantitative estimate of drug-likeness (QED) is 0.611. The molecule has 1 fully saturated rings. The molecular formula is C13H20. The monoisotopic (exact) mass is 176 g/mol. The third-order valence-electron chi connectivity index (χ3n) is 3.64. The second-order valence-corrected chi connectivity index (χ2v) is 4.63. The molecule has 3 unspecified atom stereocenters. The highest BCUT2D eigenvalue weighted by molar-refractivity contribution is 5.33. The molecule has 0 bridgehead atoms. The molecule has 72 valence electrons. The predicted octanol–water partition coefficient (Wildman–Crippen LogP) is 3.95. The number of rotatable bonds is 3. The van der Waals surface area contributed by atoms with Crippen LogP contribution in [0.15, 0.2) is 23.8 Å². The van der Waals surface area contributed by atoms with Crippen molar-refractivity contribution in [2.75, 3.05) is 0 Å². The van der Waals surface area contributed by atoms with E-state index < -0.39 is 0 Å². The van der Waals surface area contributed by atoms with E-state index in [1.54, 1.807) is 5.57 Å². The third kappa shape index (κ3) is 1.59. The first-order chi connectivity index (χ1) is 6.33. The number of hydrogen-bond acceptors (Lipinski definition) is 0. The van der Waals surface area contributed by atoms with Gasteiger partial charge in [-0.3, -0.25) is 0 Å². The van der Waals surface area contributed by atoms with Crippen LogP contribution in [0.3, 0.4) is 0 Å². The van der Waals surface area contributed by atoms with Crippen LogP contribution in [-0.2, 0) is 0 Å². The summed E-state index contributed by atoms with van der Waals surface area (Å²) in [5, 5.41) is 0. The van der Waals surface area contributed by atoms with E-state index in [-0.39, 0.29) is 0 Å². The first-order valence-corrected chi connectivity index (χ1v) is 5.71. The summed E-state index contributed by atoms with van der Waals surface area (Å²) in [6.45, 7) is 4.69. The van der Waals surface area contributed by atoms with Gasteiger partial charge in [-0.2, -0.15) is 0 Å². The Hall–Kier alpha value is -0.520. The summed E-state index contributed by atoms with van der Waals surface area (Å²) in [4.78, 5) is 0. The largest absolute Gasteiger partial charge is 0.0771 e. The molecule has 2 rings (SSSR count). The molecule has 3 atom stereocenters. The first kappa shape index (κ1) is 9.05. The van der Waals surface area contributed by atoms with E-state index in [9.17, 15) is 0 Å². The van der Waals surface area contributed by atoms with E-state index in [4.69, 9.17) is 0 Å². The third-order valence-corrected chi connectivity index (χ3v) is 3.64. The van der Waals surface area contributed by atoms with Gasteiger partial charge in [0.15, 0.2) is 0 Å². The zero-order valence-corrected chi connectivity index (χ0v) is 8.79. The van der Waals surface area contributed by atoms with Crippen molar-refractivity contribution in [3.05, 3.63) is 23.8 Å². The van der Waals surface area contributed by atoms with Gasteiger partial charge < -0.3 is 0 Å². The van der Waals surface area contributed by atoms with Crippen LogP contribution in [-0.4, -0.2) is 0 Å². The molecule has 0 aliphatic heterocycles. The molecular weight excluding hydrogens is 156 g/mol. The molecule has 0 saturated heterocycles. The van der Waals surface area contributed by atoms with Crippen LogP contribution in [0, 0.1) is 17.8 Å². The van der Waals surface area contributed by atoms with Crippen molar-refractivity contribution in [3.8, 4) is 0 Å². The number of fused-ring (bicyclic) bond motifs is 1. The molecule has 2 aliphatic rings. The standard InChI is InChI=1S/C13H20/c1-3-4-6-11-9-10(2)12-7-5-8-13(11)12/h5,7-8,10-12H,3-4,6,9H2,1-2H3. The Morgan fingerprint density at radius 2 is 2.31 bits per heavy atom. The van der Waals surface area contributed by atoms with Crippen LogP contribution >= 0.6 is 0 Å². The first-order valence-electron chi connectivity index (χ1n) is 5.71. The average Bonchev–Trinajstić information content (AvgIpc) is 2.67. The van der Waals surface area contributed by atoms with Gasteiger partial charge in [-0.25, -0.2) is 0 Å². The van der Waals surface area contributed by atoms with Gasteiger partial charge in [-0.05, 0) is 24.7 Å². The molecule has 13 heavy (non-hydrogen) atoms. The molecule has 1 saturated carbocycles. The van der Waals surface area contributed by atoms with Gasteiger partial charge in [0.25, 0.3) is 0 Å². The van der Waals surface area contributed by atoms with E-state index >= 15 is 0 Å². The van der Waals surface area contributed by atoms with Gasteiger partial charge in [0.05, 0.1) is 0 Å². The summed E-state index contributed by atoms with van der Waals surface area (Å²) < 4.78 is 0. The minimum absolute atomic E-state index is 0.807. The number of hydrogen-bond donors (Lipinski definition) is 0. The van der Waals surface area contributed by atoms with Crippen LogP contribution in [0.2, 0.25) is 0 Å². The maximum atomic E-state index is 2.40. The molecule has 2 aliphatic carbocycles. The summed E-state index contributed by atoms with van der Waals surface area (Å²) in [5.74, 6) is 2.61. The zero-order valence-electron chi connectivity index (χ0n) is 8.79. The van der Waals surface area contributed by atoms with Crippen molar-refractivity contribution in [1.82, 2.24) is 0 Å². The maximum Gasteiger partial charge on any atom is 0.00116 e. The molecule has 0 aromatic carbocycles. The van der Waals surface area contributed by atoms with E-state index in [1.807, 2.05) is 0 Å². The Morgan fingerprint density at radius 1 is 1.46 bits per heavy atom. The van der Waals surface area contributed by atoms with Gasteiger partial charge >= 0.3 is 0 Å². The fraction of sp³-hybridized carbons (Fsp3) is 0.692. The normalized spacial score (nSPS) is 36.5. The fourth-order valence-electron chi connectivity index (χ4n) is 2.90. The second-order valence-electron chi connectivity index (χ2n) is 4.63. The van der Waals surface area contributed by atoms with E-state index in [0.29, 0.717) is 0 Å². The minimum atomic E-state index is 0.807. The van der Waals surface area contributed by atoms with E-state index in [2.05, 4.69) is 32.1 Å². The highest BCUT2D eigenvalue weighted by Crippen LogP contribution is 2.46. The summed E-state index contributed by atoms with van der Waals surface area (Å²) >= 11 is 0. The Labute approximate surface area is 81.7 Å². The molecule has 0 heterocycles. The lowest BCUT2D eigenvalue weighted by molar-refractivity contribution is 0.473. The van der Waals surface area contributed by atoms with Crippen molar-refractivity contribution in [2.24, 2.45) is 17.8 Å². The van der Waals surface area contributed by atoms with E-state index in [0.717, 1.165) is 17.8 Å². The molecule has 0 nitrogen and oxygen atoms in total. The number of allylic oxidation sites excluding steroid dienone is 4. The Balaban J connectivity index is 2.00. The molecule has 0 amide bonds. The highest BCUT2D eigenvalue weighted by atomic mass is 14.4. The molecule has 0 radical (unpaired) electrons. The topological polar surface area (TPSA) is 0 Å². The zero-order chi connectivity index (χ0) is 9.26. The molecule has 0 aromatic rings. The Bertz CT molecular complexity index is 234. The summed E-state index contributed by atoms with van der Waals surface area (Å²) in [6.07, 6.45) is 12.6. The minimum Gasteiger partial charge on any atom is -0.0771 e. The van der Waals surface area contributed by atoms with Gasteiger partial charge in [-0.15, -0.1) is 0 Å². The second kappa shape index (κ2) is 3.69. The van der Waals surface area contributed by atoms with Gasteiger partial charge in [-0.1, -0.05) is 50.5 Å². The van der Waals surface area contributed by atoms with Gasteiger partial charge in [0.1, 0.15) is 0 Å². The average molecular weight is 176 g/mol. The predicted molar refractivity (Wildman–Crippen MR) is 57.5 cm³/mol. The van der Waals surface area contributed by atoms with Crippen LogP contribution in [0.1, 0.15) is 39.5 Å². The maximum absolute atomic E-state index is 2.40. The molecule has 0 N–H and O–H groups in total. The van der Waals surface area contributed by atoms with Crippen molar-refractivity contribution < 1.29 is 0 Å². The molecule has 0 aromatic heterocycles. The number of unbranched alkanes of at least 4 members (excludes halogenated alkanes) is 1. The lowest BCUT2D eigenvalue weighted by atomic mass is 9.94. The SMILES string of the molecule is CCCCC1CC(C)C2C=CC=C12. The van der Waals surface area contributed by atoms with Gasteiger partial charge in [0.2, 0.25) is 0 Å². The summed E-state index contributed by atoms with van der Waals surface area (Å²) in [5.41, 5.74) is 1.74. The van der Waals surface area contributed by atoms with Crippen molar-refractivity contribution in [1.29, 1.82) is 0 Å². The molecule has 0 heteroatoms. The summed E-state index contributed by atoms with van der Waals surface area (Å²) in [6, 6.07) is 0. The van der Waals surface area contributed by atoms with Crippen LogP contribution in [0.4, 0.5) is 0 Å². The molecule has 0 spiro atoms. The summed E-state index contributed by atoms with van der Waals surface area (Å²) in [7, 11) is 0. The lowest BCUT2D eigenvalue weighted by Gasteiger charge is -2.10. The smallest absolute Gasteiger partial charge is 0.00116 e. The van der Waals surface area contributed by atoms with Crippen LogP contribution < -0.4 is 0 Å². The fourth-order valence-corrected chi connectivity index (χ4v) is 2.90. The lowest BCUT2D eigenvalue weighted by Crippen LogP contribution is -1.99.